The SMILES string of the molecule is CCNC(Cc1cc(C)c([N+](=O)[O-])cn1)CC(C)C. The third kappa shape index (κ3) is 4.95. The summed E-state index contributed by atoms with van der Waals surface area (Å²) < 4.78 is 0. The van der Waals surface area contributed by atoms with Gasteiger partial charge in [0.2, 0.25) is 0 Å². The van der Waals surface area contributed by atoms with Gasteiger partial charge in [0, 0.05) is 23.7 Å². The molecular formula is C14H23N3O2. The molecule has 1 aromatic heterocycles. The molecule has 0 saturated carbocycles. The Morgan fingerprint density at radius 1 is 1.47 bits per heavy atom. The van der Waals surface area contributed by atoms with E-state index in [-0.39, 0.29) is 10.6 Å². The molecule has 0 spiro atoms. The molecule has 1 rings (SSSR count). The molecule has 1 atom stereocenters. The summed E-state index contributed by atoms with van der Waals surface area (Å²) in [4.78, 5) is 14.6. The summed E-state index contributed by atoms with van der Waals surface area (Å²) in [5.41, 5.74) is 1.68. The Kier molecular flexibility index (Phi) is 5.89. The minimum absolute atomic E-state index is 0.0904. The van der Waals surface area contributed by atoms with Gasteiger partial charge in [-0.3, -0.25) is 15.1 Å². The van der Waals surface area contributed by atoms with Gasteiger partial charge in [-0.2, -0.15) is 0 Å². The minimum Gasteiger partial charge on any atom is -0.314 e. The third-order valence-electron chi connectivity index (χ3n) is 3.04. The molecule has 0 aromatic carbocycles. The van der Waals surface area contributed by atoms with E-state index in [1.807, 2.05) is 6.07 Å². The summed E-state index contributed by atoms with van der Waals surface area (Å²) in [7, 11) is 0. The van der Waals surface area contributed by atoms with Gasteiger partial charge < -0.3 is 5.32 Å². The van der Waals surface area contributed by atoms with Crippen molar-refractivity contribution in [3.63, 3.8) is 0 Å². The molecule has 1 heterocycles. The lowest BCUT2D eigenvalue weighted by molar-refractivity contribution is -0.385. The number of rotatable bonds is 7. The van der Waals surface area contributed by atoms with Crippen LogP contribution < -0.4 is 5.32 Å². The van der Waals surface area contributed by atoms with Gasteiger partial charge in [-0.15, -0.1) is 0 Å². The van der Waals surface area contributed by atoms with E-state index in [1.165, 1.54) is 6.20 Å². The van der Waals surface area contributed by atoms with Crippen LogP contribution in [-0.4, -0.2) is 22.5 Å². The summed E-state index contributed by atoms with van der Waals surface area (Å²) in [6, 6.07) is 2.20. The van der Waals surface area contributed by atoms with Gasteiger partial charge in [-0.05, 0) is 31.9 Å². The van der Waals surface area contributed by atoms with Crippen LogP contribution in [-0.2, 0) is 6.42 Å². The number of aromatic nitrogens is 1. The Labute approximate surface area is 114 Å². The zero-order valence-corrected chi connectivity index (χ0v) is 12.1. The van der Waals surface area contributed by atoms with Crippen molar-refractivity contribution in [2.75, 3.05) is 6.54 Å². The predicted molar refractivity (Wildman–Crippen MR) is 76.3 cm³/mol. The lowest BCUT2D eigenvalue weighted by atomic mass is 9.99. The number of nitrogens with one attached hydrogen (secondary N) is 1. The normalized spacial score (nSPS) is 12.7. The van der Waals surface area contributed by atoms with Crippen molar-refractivity contribution >= 4 is 5.69 Å². The highest BCUT2D eigenvalue weighted by Crippen LogP contribution is 2.18. The summed E-state index contributed by atoms with van der Waals surface area (Å²) >= 11 is 0. The molecule has 0 bridgehead atoms. The first-order valence-electron chi connectivity index (χ1n) is 6.77. The quantitative estimate of drug-likeness (QED) is 0.608. The molecule has 106 valence electrons. The van der Waals surface area contributed by atoms with Crippen molar-refractivity contribution in [2.45, 2.75) is 46.6 Å². The molecule has 0 amide bonds. The van der Waals surface area contributed by atoms with Crippen molar-refractivity contribution < 1.29 is 4.92 Å². The lowest BCUT2D eigenvalue weighted by Crippen LogP contribution is -2.32. The fourth-order valence-electron chi connectivity index (χ4n) is 2.26. The van der Waals surface area contributed by atoms with E-state index < -0.39 is 0 Å². The van der Waals surface area contributed by atoms with Gasteiger partial charge in [-0.25, -0.2) is 0 Å². The van der Waals surface area contributed by atoms with E-state index in [2.05, 4.69) is 31.1 Å². The molecule has 0 fully saturated rings. The third-order valence-corrected chi connectivity index (χ3v) is 3.04. The molecular weight excluding hydrogens is 242 g/mol. The fraction of sp³-hybridized carbons (Fsp3) is 0.643. The monoisotopic (exact) mass is 265 g/mol. The average Bonchev–Trinajstić information content (AvgIpc) is 2.27. The van der Waals surface area contributed by atoms with Crippen LogP contribution in [0.15, 0.2) is 12.3 Å². The summed E-state index contributed by atoms with van der Waals surface area (Å²) in [6.07, 6.45) is 3.25. The van der Waals surface area contributed by atoms with E-state index in [0.29, 0.717) is 17.5 Å². The first kappa shape index (κ1) is 15.6. The number of nitrogens with zero attached hydrogens (tertiary/aromatic N) is 2. The maximum atomic E-state index is 10.8. The number of pyridine rings is 1. The molecule has 1 unspecified atom stereocenters. The molecule has 1 N–H and O–H groups in total. The number of nitro groups is 1. The molecule has 5 nitrogen and oxygen atoms in total. The first-order valence-corrected chi connectivity index (χ1v) is 6.77. The van der Waals surface area contributed by atoms with E-state index in [9.17, 15) is 10.1 Å². The number of hydrogen-bond donors (Lipinski definition) is 1. The summed E-state index contributed by atoms with van der Waals surface area (Å²) in [6.45, 7) is 9.15. The van der Waals surface area contributed by atoms with Crippen LogP contribution in [0.2, 0.25) is 0 Å². The largest absolute Gasteiger partial charge is 0.314 e. The van der Waals surface area contributed by atoms with E-state index in [0.717, 1.165) is 25.1 Å². The Bertz CT molecular complexity index is 433. The Morgan fingerprint density at radius 2 is 2.16 bits per heavy atom. The van der Waals surface area contributed by atoms with Crippen LogP contribution in [0.3, 0.4) is 0 Å². The Hall–Kier alpha value is -1.49. The molecule has 0 saturated heterocycles. The number of hydrogen-bond acceptors (Lipinski definition) is 4. The van der Waals surface area contributed by atoms with Crippen LogP contribution in [0.5, 0.6) is 0 Å². The zero-order chi connectivity index (χ0) is 14.4. The van der Waals surface area contributed by atoms with Gasteiger partial charge >= 0.3 is 0 Å². The standard InChI is InChI=1S/C14H23N3O2/c1-5-15-12(6-10(2)3)8-13-7-11(4)14(9-16-13)17(18)19/h7,9-10,12,15H,5-6,8H2,1-4H3. The first-order chi connectivity index (χ1) is 8.93. The fourth-order valence-corrected chi connectivity index (χ4v) is 2.26. The molecule has 1 aromatic rings. The number of likely N-dealkylation sites (N-methyl/N-ethyl adjacent to an activating group) is 1. The van der Waals surface area contributed by atoms with Crippen molar-refractivity contribution in [1.29, 1.82) is 0 Å². The zero-order valence-electron chi connectivity index (χ0n) is 12.1. The molecule has 19 heavy (non-hydrogen) atoms. The molecule has 0 aliphatic rings. The van der Waals surface area contributed by atoms with Crippen LogP contribution >= 0.6 is 0 Å². The van der Waals surface area contributed by atoms with Gasteiger partial charge in [-0.1, -0.05) is 20.8 Å². The second-order valence-corrected chi connectivity index (χ2v) is 5.31. The molecule has 0 aliphatic heterocycles. The second kappa shape index (κ2) is 7.19. The van der Waals surface area contributed by atoms with E-state index >= 15 is 0 Å². The van der Waals surface area contributed by atoms with E-state index in [4.69, 9.17) is 0 Å². The van der Waals surface area contributed by atoms with E-state index in [1.54, 1.807) is 6.92 Å². The maximum absolute atomic E-state index is 10.8. The maximum Gasteiger partial charge on any atom is 0.290 e. The lowest BCUT2D eigenvalue weighted by Gasteiger charge is -2.19. The smallest absolute Gasteiger partial charge is 0.290 e. The highest BCUT2D eigenvalue weighted by Gasteiger charge is 2.15. The van der Waals surface area contributed by atoms with Crippen LogP contribution in [0, 0.1) is 23.0 Å². The van der Waals surface area contributed by atoms with Gasteiger partial charge in [0.15, 0.2) is 0 Å². The molecule has 5 heteroatoms. The highest BCUT2D eigenvalue weighted by atomic mass is 16.6. The summed E-state index contributed by atoms with van der Waals surface area (Å²) in [5.74, 6) is 0.614. The van der Waals surface area contributed by atoms with Crippen molar-refractivity contribution in [2.24, 2.45) is 5.92 Å². The second-order valence-electron chi connectivity index (χ2n) is 5.31. The van der Waals surface area contributed by atoms with Crippen molar-refractivity contribution in [3.05, 3.63) is 33.6 Å². The highest BCUT2D eigenvalue weighted by molar-refractivity contribution is 5.37. The van der Waals surface area contributed by atoms with Gasteiger partial charge in [0.25, 0.3) is 5.69 Å². The summed E-state index contributed by atoms with van der Waals surface area (Å²) in [5, 5.41) is 14.2. The Morgan fingerprint density at radius 3 is 2.63 bits per heavy atom. The van der Waals surface area contributed by atoms with Crippen LogP contribution in [0.25, 0.3) is 0 Å². The molecule has 0 radical (unpaired) electrons. The van der Waals surface area contributed by atoms with Crippen molar-refractivity contribution in [1.82, 2.24) is 10.3 Å². The topological polar surface area (TPSA) is 68.1 Å². The molecule has 0 aliphatic carbocycles. The minimum atomic E-state index is -0.387. The van der Waals surface area contributed by atoms with Gasteiger partial charge in [0.1, 0.15) is 6.20 Å². The van der Waals surface area contributed by atoms with Crippen LogP contribution in [0.1, 0.15) is 38.4 Å². The van der Waals surface area contributed by atoms with Crippen LogP contribution in [0.4, 0.5) is 5.69 Å². The predicted octanol–water partition coefficient (Wildman–Crippen LogP) is 2.86. The van der Waals surface area contributed by atoms with Gasteiger partial charge in [0.05, 0.1) is 4.92 Å². The number of aryl methyl sites for hydroxylation is 1. The average molecular weight is 265 g/mol. The Balaban J connectivity index is 2.79. The van der Waals surface area contributed by atoms with Crippen molar-refractivity contribution in [3.8, 4) is 0 Å².